The maximum Gasteiger partial charge on any atom is 0.444 e. The molecule has 0 radical (unpaired) electrons. The fourth-order valence-electron chi connectivity index (χ4n) is 1.39. The molecule has 1 aromatic heterocycles. The third kappa shape index (κ3) is 2.08. The largest absolute Gasteiger partial charge is 0.452 e. The van der Waals surface area contributed by atoms with Gasteiger partial charge in [0, 0.05) is 0 Å². The smallest absolute Gasteiger partial charge is 0.444 e. The highest BCUT2D eigenvalue weighted by atomic mass is 19.4. The van der Waals surface area contributed by atoms with Gasteiger partial charge in [-0.3, -0.25) is 0 Å². The monoisotopic (exact) mass is 260 g/mol. The van der Waals surface area contributed by atoms with Crippen molar-refractivity contribution < 1.29 is 22.3 Å². The zero-order valence-corrected chi connectivity index (χ0v) is 9.06. The standard InChI is InChI=1S/C10H7F3N2O3/c1-17-8-14-15(9(16)18-8)7-5-3-2-4-6(7)10(11,12)13/h2-5H,1H3. The van der Waals surface area contributed by atoms with E-state index in [-0.39, 0.29) is 0 Å². The number of aromatic nitrogens is 2. The van der Waals surface area contributed by atoms with E-state index >= 15 is 0 Å². The molecule has 0 unspecified atom stereocenters. The summed E-state index contributed by atoms with van der Waals surface area (Å²) in [5.74, 6) is -1.05. The Morgan fingerprint density at radius 1 is 1.33 bits per heavy atom. The molecular formula is C10H7F3N2O3. The van der Waals surface area contributed by atoms with Crippen molar-refractivity contribution >= 4 is 0 Å². The van der Waals surface area contributed by atoms with Crippen LogP contribution in [0.5, 0.6) is 6.08 Å². The van der Waals surface area contributed by atoms with Crippen LogP contribution >= 0.6 is 0 Å². The van der Waals surface area contributed by atoms with Crippen LogP contribution in [0.15, 0.2) is 33.5 Å². The SMILES string of the molecule is COc1nn(-c2ccccc2C(F)(F)F)c(=O)o1. The first kappa shape index (κ1) is 12.2. The van der Waals surface area contributed by atoms with Gasteiger partial charge in [0.15, 0.2) is 0 Å². The van der Waals surface area contributed by atoms with Gasteiger partial charge < -0.3 is 9.15 Å². The molecule has 5 nitrogen and oxygen atoms in total. The van der Waals surface area contributed by atoms with Gasteiger partial charge in [-0.25, -0.2) is 4.79 Å². The van der Waals surface area contributed by atoms with Gasteiger partial charge in [0.1, 0.15) is 0 Å². The molecule has 1 heterocycles. The number of rotatable bonds is 2. The summed E-state index contributed by atoms with van der Waals surface area (Å²) < 4.78 is 47.8. The van der Waals surface area contributed by atoms with Crippen LogP contribution in [0.4, 0.5) is 13.2 Å². The number of hydrogen-bond acceptors (Lipinski definition) is 4. The highest BCUT2D eigenvalue weighted by Gasteiger charge is 2.34. The quantitative estimate of drug-likeness (QED) is 0.826. The van der Waals surface area contributed by atoms with E-state index < -0.39 is 29.3 Å². The number of para-hydroxylation sites is 1. The number of hydrogen-bond donors (Lipinski definition) is 0. The van der Waals surface area contributed by atoms with E-state index in [2.05, 4.69) is 14.3 Å². The van der Waals surface area contributed by atoms with Crippen molar-refractivity contribution in [2.45, 2.75) is 6.18 Å². The normalized spacial score (nSPS) is 11.6. The minimum absolute atomic E-state index is 0.406. The number of alkyl halides is 3. The first-order chi connectivity index (χ1) is 8.43. The van der Waals surface area contributed by atoms with Crippen molar-refractivity contribution in [1.29, 1.82) is 0 Å². The molecule has 0 bridgehead atoms. The first-order valence-electron chi connectivity index (χ1n) is 4.74. The van der Waals surface area contributed by atoms with Gasteiger partial charge in [0.25, 0.3) is 0 Å². The van der Waals surface area contributed by atoms with E-state index in [1.165, 1.54) is 19.2 Å². The summed E-state index contributed by atoms with van der Waals surface area (Å²) in [6, 6.07) is 4.54. The Bertz CT molecular complexity index is 615. The van der Waals surface area contributed by atoms with Crippen LogP contribution in [0, 0.1) is 0 Å². The topological polar surface area (TPSA) is 57.3 Å². The fraction of sp³-hybridized carbons (Fsp3) is 0.200. The molecule has 2 aromatic rings. The lowest BCUT2D eigenvalue weighted by atomic mass is 10.2. The van der Waals surface area contributed by atoms with Gasteiger partial charge in [0.05, 0.1) is 18.4 Å². The molecule has 0 saturated carbocycles. The van der Waals surface area contributed by atoms with Crippen molar-refractivity contribution in [1.82, 2.24) is 9.78 Å². The molecule has 96 valence electrons. The number of benzene rings is 1. The van der Waals surface area contributed by atoms with Crippen LogP contribution in [0.2, 0.25) is 0 Å². The molecular weight excluding hydrogens is 253 g/mol. The first-order valence-corrected chi connectivity index (χ1v) is 4.74. The van der Waals surface area contributed by atoms with Gasteiger partial charge in [0.2, 0.25) is 0 Å². The third-order valence-electron chi connectivity index (χ3n) is 2.14. The maximum absolute atomic E-state index is 12.7. The zero-order chi connectivity index (χ0) is 13.3. The molecule has 8 heteroatoms. The lowest BCUT2D eigenvalue weighted by Crippen LogP contribution is -2.18. The summed E-state index contributed by atoms with van der Waals surface area (Å²) >= 11 is 0. The van der Waals surface area contributed by atoms with Crippen LogP contribution in [-0.4, -0.2) is 16.9 Å². The number of ether oxygens (including phenoxy) is 1. The number of halogens is 3. The zero-order valence-electron chi connectivity index (χ0n) is 9.06. The Morgan fingerprint density at radius 2 is 2.00 bits per heavy atom. The molecule has 1 aromatic carbocycles. The molecule has 0 aliphatic heterocycles. The van der Waals surface area contributed by atoms with Crippen LogP contribution in [0.3, 0.4) is 0 Å². The van der Waals surface area contributed by atoms with Gasteiger partial charge >= 0.3 is 18.0 Å². The Labute approximate surface area is 98.4 Å². The highest BCUT2D eigenvalue weighted by molar-refractivity contribution is 5.41. The van der Waals surface area contributed by atoms with Crippen molar-refractivity contribution in [3.05, 3.63) is 40.4 Å². The second-order valence-corrected chi connectivity index (χ2v) is 3.26. The lowest BCUT2D eigenvalue weighted by Gasteiger charge is -2.10. The Hall–Kier alpha value is -2.25. The lowest BCUT2D eigenvalue weighted by molar-refractivity contribution is -0.137. The summed E-state index contributed by atoms with van der Waals surface area (Å²) in [4.78, 5) is 11.4. The van der Waals surface area contributed by atoms with Crippen LogP contribution in [0.1, 0.15) is 5.56 Å². The summed E-state index contributed by atoms with van der Waals surface area (Å²) in [5, 5.41) is 3.49. The van der Waals surface area contributed by atoms with Crippen molar-refractivity contribution in [2.75, 3.05) is 7.11 Å². The second kappa shape index (κ2) is 4.21. The van der Waals surface area contributed by atoms with Crippen LogP contribution < -0.4 is 10.5 Å². The van der Waals surface area contributed by atoms with Crippen molar-refractivity contribution in [3.8, 4) is 11.8 Å². The van der Waals surface area contributed by atoms with E-state index in [0.717, 1.165) is 12.1 Å². The van der Waals surface area contributed by atoms with E-state index in [1.807, 2.05) is 0 Å². The van der Waals surface area contributed by atoms with Gasteiger partial charge in [-0.1, -0.05) is 17.2 Å². The molecule has 0 amide bonds. The molecule has 0 spiro atoms. The summed E-state index contributed by atoms with van der Waals surface area (Å²) in [7, 11) is 1.19. The third-order valence-corrected chi connectivity index (χ3v) is 2.14. The predicted octanol–water partition coefficient (Wildman–Crippen LogP) is 1.85. The molecule has 0 aliphatic rings. The Kier molecular flexibility index (Phi) is 2.85. The molecule has 0 atom stereocenters. The molecule has 0 saturated heterocycles. The second-order valence-electron chi connectivity index (χ2n) is 3.26. The minimum atomic E-state index is -4.60. The van der Waals surface area contributed by atoms with E-state index in [0.29, 0.717) is 4.68 Å². The van der Waals surface area contributed by atoms with Crippen molar-refractivity contribution in [3.63, 3.8) is 0 Å². The summed E-state index contributed by atoms with van der Waals surface area (Å²) in [6.45, 7) is 0. The number of methoxy groups -OCH3 is 1. The average molecular weight is 260 g/mol. The minimum Gasteiger partial charge on any atom is -0.452 e. The van der Waals surface area contributed by atoms with E-state index in [9.17, 15) is 18.0 Å². The highest BCUT2D eigenvalue weighted by Crippen LogP contribution is 2.33. The van der Waals surface area contributed by atoms with Crippen molar-refractivity contribution in [2.24, 2.45) is 0 Å². The van der Waals surface area contributed by atoms with E-state index in [1.54, 1.807) is 0 Å². The fourth-order valence-corrected chi connectivity index (χ4v) is 1.39. The molecule has 18 heavy (non-hydrogen) atoms. The summed E-state index contributed by atoms with van der Waals surface area (Å²) in [5.41, 5.74) is -1.40. The van der Waals surface area contributed by atoms with Gasteiger partial charge in [-0.15, -0.1) is 0 Å². The van der Waals surface area contributed by atoms with E-state index in [4.69, 9.17) is 0 Å². The summed E-state index contributed by atoms with van der Waals surface area (Å²) in [6.07, 6.45) is -5.00. The molecule has 0 N–H and O–H groups in total. The number of nitrogens with zero attached hydrogens (tertiary/aromatic N) is 2. The van der Waals surface area contributed by atoms with Crippen LogP contribution in [0.25, 0.3) is 5.69 Å². The predicted molar refractivity (Wildman–Crippen MR) is 53.7 cm³/mol. The Balaban J connectivity index is 2.64. The Morgan fingerprint density at radius 3 is 2.56 bits per heavy atom. The van der Waals surface area contributed by atoms with Gasteiger partial charge in [-0.05, 0) is 12.1 Å². The molecule has 0 fully saturated rings. The molecule has 2 rings (SSSR count). The maximum atomic E-state index is 12.7. The van der Waals surface area contributed by atoms with Crippen LogP contribution in [-0.2, 0) is 6.18 Å². The average Bonchev–Trinajstić information content (AvgIpc) is 2.69. The molecule has 0 aliphatic carbocycles. The van der Waals surface area contributed by atoms with Gasteiger partial charge in [-0.2, -0.15) is 17.9 Å².